The van der Waals surface area contributed by atoms with Crippen molar-refractivity contribution in [1.82, 2.24) is 10.2 Å². The summed E-state index contributed by atoms with van der Waals surface area (Å²) in [4.78, 5) is 1.88. The maximum absolute atomic E-state index is 5.64. The number of likely N-dealkylation sites (N-methyl/N-ethyl adjacent to an activating group) is 1. The molecule has 0 saturated heterocycles. The number of hydrogen-bond acceptors (Lipinski definition) is 5. The maximum atomic E-state index is 5.64. The highest BCUT2D eigenvalue weighted by Crippen LogP contribution is 2.10. The normalized spacial score (nSPS) is 10.7. The van der Waals surface area contributed by atoms with Crippen LogP contribution < -0.4 is 4.90 Å². The summed E-state index contributed by atoms with van der Waals surface area (Å²) in [6.07, 6.45) is -0.285. The molecule has 0 fully saturated rings. The Hall–Kier alpha value is -0.910. The lowest BCUT2D eigenvalue weighted by atomic mass is 10.4. The van der Waals surface area contributed by atoms with E-state index in [1.807, 2.05) is 11.9 Å². The zero-order chi connectivity index (χ0) is 11.3. The van der Waals surface area contributed by atoms with Crippen molar-refractivity contribution in [3.63, 3.8) is 0 Å². The molecule has 0 aliphatic rings. The highest BCUT2D eigenvalue weighted by molar-refractivity contribution is 6.29. The minimum absolute atomic E-state index is 0.285. The van der Waals surface area contributed by atoms with Gasteiger partial charge in [-0.1, -0.05) is 11.6 Å². The zero-order valence-corrected chi connectivity index (χ0v) is 9.73. The van der Waals surface area contributed by atoms with Crippen molar-refractivity contribution >= 4 is 17.4 Å². The first-order valence-electron chi connectivity index (χ1n) is 4.43. The molecule has 15 heavy (non-hydrogen) atoms. The van der Waals surface area contributed by atoms with Crippen LogP contribution in [-0.4, -0.2) is 44.3 Å². The molecule has 0 spiro atoms. The van der Waals surface area contributed by atoms with E-state index in [-0.39, 0.29) is 6.29 Å². The molecule has 84 valence electrons. The van der Waals surface area contributed by atoms with Gasteiger partial charge in [-0.25, -0.2) is 0 Å². The van der Waals surface area contributed by atoms with Gasteiger partial charge in [0.2, 0.25) is 0 Å². The Kier molecular flexibility index (Phi) is 4.74. The van der Waals surface area contributed by atoms with Crippen molar-refractivity contribution in [2.45, 2.75) is 6.29 Å². The van der Waals surface area contributed by atoms with Gasteiger partial charge < -0.3 is 14.4 Å². The van der Waals surface area contributed by atoms with E-state index in [1.165, 1.54) is 0 Å². The van der Waals surface area contributed by atoms with Crippen LogP contribution in [0.5, 0.6) is 0 Å². The van der Waals surface area contributed by atoms with Gasteiger partial charge in [0, 0.05) is 21.3 Å². The molecule has 0 aliphatic heterocycles. The number of hydrogen-bond donors (Lipinski definition) is 0. The van der Waals surface area contributed by atoms with Gasteiger partial charge in [0.15, 0.2) is 17.3 Å². The molecule has 1 aromatic heterocycles. The van der Waals surface area contributed by atoms with Gasteiger partial charge in [-0.15, -0.1) is 10.2 Å². The topological polar surface area (TPSA) is 47.5 Å². The molecule has 0 aromatic carbocycles. The van der Waals surface area contributed by atoms with Crippen molar-refractivity contribution in [2.75, 3.05) is 32.7 Å². The van der Waals surface area contributed by atoms with E-state index in [9.17, 15) is 0 Å². The Balaban J connectivity index is 2.60. The first kappa shape index (κ1) is 12.2. The first-order valence-corrected chi connectivity index (χ1v) is 4.81. The van der Waals surface area contributed by atoms with Crippen LogP contribution in [0.1, 0.15) is 0 Å². The summed E-state index contributed by atoms with van der Waals surface area (Å²) in [6, 6.07) is 3.48. The van der Waals surface area contributed by atoms with Gasteiger partial charge in [-0.3, -0.25) is 0 Å². The number of methoxy groups -OCH3 is 2. The minimum Gasteiger partial charge on any atom is -0.354 e. The van der Waals surface area contributed by atoms with Crippen molar-refractivity contribution < 1.29 is 9.47 Å². The SMILES string of the molecule is COC(CN(C)c1ccc(Cl)nn1)OC. The van der Waals surface area contributed by atoms with Crippen molar-refractivity contribution in [3.8, 4) is 0 Å². The van der Waals surface area contributed by atoms with E-state index in [0.717, 1.165) is 5.82 Å². The first-order chi connectivity index (χ1) is 7.17. The molecule has 0 saturated carbocycles. The summed E-state index contributed by atoms with van der Waals surface area (Å²) in [5, 5.41) is 8.06. The number of halogens is 1. The summed E-state index contributed by atoms with van der Waals surface area (Å²) in [5.41, 5.74) is 0. The van der Waals surface area contributed by atoms with Crippen LogP contribution in [-0.2, 0) is 9.47 Å². The number of anilines is 1. The second-order valence-electron chi connectivity index (χ2n) is 3.00. The van der Waals surface area contributed by atoms with Crippen molar-refractivity contribution in [1.29, 1.82) is 0 Å². The van der Waals surface area contributed by atoms with Crippen molar-refractivity contribution in [2.24, 2.45) is 0 Å². The van der Waals surface area contributed by atoms with Gasteiger partial charge in [-0.05, 0) is 12.1 Å². The molecule has 0 amide bonds. The third-order valence-corrected chi connectivity index (χ3v) is 2.16. The molecule has 0 N–H and O–H groups in total. The van der Waals surface area contributed by atoms with E-state index >= 15 is 0 Å². The fraction of sp³-hybridized carbons (Fsp3) is 0.556. The van der Waals surface area contributed by atoms with Gasteiger partial charge in [-0.2, -0.15) is 0 Å². The number of nitrogens with zero attached hydrogens (tertiary/aromatic N) is 3. The van der Waals surface area contributed by atoms with Crippen LogP contribution >= 0.6 is 11.6 Å². The van der Waals surface area contributed by atoms with E-state index in [0.29, 0.717) is 11.7 Å². The molecule has 1 rings (SSSR count). The fourth-order valence-electron chi connectivity index (χ4n) is 1.07. The maximum Gasteiger partial charge on any atom is 0.174 e. The zero-order valence-electron chi connectivity index (χ0n) is 8.98. The van der Waals surface area contributed by atoms with Crippen molar-refractivity contribution in [3.05, 3.63) is 17.3 Å². The summed E-state index contributed by atoms with van der Waals surface area (Å²) < 4.78 is 10.2. The van der Waals surface area contributed by atoms with Crippen LogP contribution in [0, 0.1) is 0 Å². The predicted octanol–water partition coefficient (Wildman–Crippen LogP) is 1.19. The quantitative estimate of drug-likeness (QED) is 0.713. The van der Waals surface area contributed by atoms with E-state index in [4.69, 9.17) is 21.1 Å². The lowest BCUT2D eigenvalue weighted by molar-refractivity contribution is -0.0945. The Morgan fingerprint density at radius 1 is 1.33 bits per heavy atom. The Bertz CT molecular complexity index is 290. The Morgan fingerprint density at radius 3 is 2.47 bits per heavy atom. The molecule has 0 aliphatic carbocycles. The van der Waals surface area contributed by atoms with E-state index < -0.39 is 0 Å². The van der Waals surface area contributed by atoms with E-state index in [2.05, 4.69) is 10.2 Å². The van der Waals surface area contributed by atoms with Gasteiger partial charge >= 0.3 is 0 Å². The Labute approximate surface area is 94.0 Å². The number of rotatable bonds is 5. The lowest BCUT2D eigenvalue weighted by Gasteiger charge is -2.22. The van der Waals surface area contributed by atoms with Gasteiger partial charge in [0.25, 0.3) is 0 Å². The minimum atomic E-state index is -0.285. The smallest absolute Gasteiger partial charge is 0.174 e. The molecule has 6 heteroatoms. The molecular weight excluding hydrogens is 218 g/mol. The fourth-order valence-corrected chi connectivity index (χ4v) is 1.18. The van der Waals surface area contributed by atoms with Crippen LogP contribution in [0.4, 0.5) is 5.82 Å². The highest BCUT2D eigenvalue weighted by Gasteiger charge is 2.10. The van der Waals surface area contributed by atoms with Crippen LogP contribution in [0.15, 0.2) is 12.1 Å². The van der Waals surface area contributed by atoms with Crippen LogP contribution in [0.25, 0.3) is 0 Å². The predicted molar refractivity (Wildman–Crippen MR) is 58.1 cm³/mol. The molecule has 5 nitrogen and oxygen atoms in total. The summed E-state index contributed by atoms with van der Waals surface area (Å²) in [5.74, 6) is 0.721. The summed E-state index contributed by atoms with van der Waals surface area (Å²) in [7, 11) is 5.06. The van der Waals surface area contributed by atoms with Gasteiger partial charge in [0.1, 0.15) is 0 Å². The molecule has 0 unspecified atom stereocenters. The van der Waals surface area contributed by atoms with Crippen LogP contribution in [0.3, 0.4) is 0 Å². The monoisotopic (exact) mass is 231 g/mol. The second kappa shape index (κ2) is 5.85. The average Bonchev–Trinajstić information content (AvgIpc) is 2.26. The molecular formula is C9H14ClN3O2. The lowest BCUT2D eigenvalue weighted by Crippen LogP contribution is -2.32. The second-order valence-corrected chi connectivity index (χ2v) is 3.38. The molecule has 1 heterocycles. The van der Waals surface area contributed by atoms with E-state index in [1.54, 1.807) is 26.4 Å². The molecule has 1 aromatic rings. The average molecular weight is 232 g/mol. The molecule has 0 atom stereocenters. The Morgan fingerprint density at radius 2 is 2.00 bits per heavy atom. The largest absolute Gasteiger partial charge is 0.354 e. The molecule has 0 radical (unpaired) electrons. The summed E-state index contributed by atoms with van der Waals surface area (Å²) >= 11 is 5.64. The number of ether oxygens (including phenoxy) is 2. The van der Waals surface area contributed by atoms with Crippen LogP contribution in [0.2, 0.25) is 5.15 Å². The third-order valence-electron chi connectivity index (χ3n) is 1.96. The number of aromatic nitrogens is 2. The molecule has 0 bridgehead atoms. The highest BCUT2D eigenvalue weighted by atomic mass is 35.5. The summed E-state index contributed by atoms with van der Waals surface area (Å²) in [6.45, 7) is 0.573. The standard InChI is InChI=1S/C9H14ClN3O2/c1-13(6-9(14-2)15-3)8-5-4-7(10)11-12-8/h4-5,9H,6H2,1-3H3. The third kappa shape index (κ3) is 3.62. The van der Waals surface area contributed by atoms with Gasteiger partial charge in [0.05, 0.1) is 6.54 Å².